The number of nitrogens with zero attached hydrogens (tertiary/aromatic N) is 4. The van der Waals surface area contributed by atoms with Crippen molar-refractivity contribution in [2.45, 2.75) is 52.1 Å². The molecule has 26 heavy (non-hydrogen) atoms. The first-order chi connectivity index (χ1) is 12.5. The van der Waals surface area contributed by atoms with Gasteiger partial charge in [-0.2, -0.15) is 5.10 Å². The monoisotopic (exact) mass is 357 g/mol. The Morgan fingerprint density at radius 3 is 3.00 bits per heavy atom. The molecule has 2 heterocycles. The quantitative estimate of drug-likeness (QED) is 0.792. The van der Waals surface area contributed by atoms with Crippen molar-refractivity contribution in [1.29, 1.82) is 0 Å². The van der Waals surface area contributed by atoms with E-state index in [4.69, 9.17) is 4.52 Å². The highest BCUT2D eigenvalue weighted by Crippen LogP contribution is 2.22. The van der Waals surface area contributed by atoms with Crippen LogP contribution in [0.25, 0.3) is 0 Å². The Bertz CT molecular complexity index is 762. The highest BCUT2D eigenvalue weighted by atomic mass is 16.5. The van der Waals surface area contributed by atoms with Gasteiger partial charge in [0.1, 0.15) is 17.3 Å². The van der Waals surface area contributed by atoms with Crippen LogP contribution in [0.1, 0.15) is 50.5 Å². The molecule has 1 aliphatic carbocycles. The second-order valence-corrected chi connectivity index (χ2v) is 7.21. The van der Waals surface area contributed by atoms with E-state index in [0.717, 1.165) is 43.1 Å². The number of carbonyl (C=O) groups is 1. The lowest BCUT2D eigenvalue weighted by atomic mass is 9.94. The van der Waals surface area contributed by atoms with E-state index in [9.17, 15) is 4.79 Å². The van der Waals surface area contributed by atoms with Crippen molar-refractivity contribution in [3.05, 3.63) is 41.9 Å². The van der Waals surface area contributed by atoms with Crippen LogP contribution in [0.4, 0.5) is 10.6 Å². The van der Waals surface area contributed by atoms with Crippen LogP contribution in [-0.2, 0) is 13.1 Å². The number of amides is 2. The smallest absolute Gasteiger partial charge is 0.323 e. The molecular formula is C19H27N5O2. The number of hydrogen-bond acceptors (Lipinski definition) is 4. The van der Waals surface area contributed by atoms with Gasteiger partial charge in [-0.15, -0.1) is 0 Å². The molecule has 0 aromatic carbocycles. The molecule has 2 aromatic heterocycles. The molecule has 2 amide bonds. The van der Waals surface area contributed by atoms with Gasteiger partial charge < -0.3 is 9.42 Å². The Labute approximate surface area is 154 Å². The summed E-state index contributed by atoms with van der Waals surface area (Å²) >= 11 is 0. The maximum absolute atomic E-state index is 12.5. The van der Waals surface area contributed by atoms with Gasteiger partial charge in [-0.1, -0.05) is 31.2 Å². The van der Waals surface area contributed by atoms with E-state index in [0.29, 0.717) is 12.5 Å². The molecular weight excluding hydrogens is 330 g/mol. The topological polar surface area (TPSA) is 76.2 Å². The summed E-state index contributed by atoms with van der Waals surface area (Å²) in [6, 6.07) is 3.54. The van der Waals surface area contributed by atoms with Crippen molar-refractivity contribution in [3.8, 4) is 0 Å². The molecule has 0 bridgehead atoms. The molecule has 0 saturated heterocycles. The number of nitrogens with one attached hydrogen (secondary N) is 1. The lowest BCUT2D eigenvalue weighted by Gasteiger charge is -2.20. The number of anilines is 1. The summed E-state index contributed by atoms with van der Waals surface area (Å²) in [5.74, 6) is 2.39. The van der Waals surface area contributed by atoms with Crippen LogP contribution < -0.4 is 5.32 Å². The highest BCUT2D eigenvalue weighted by molar-refractivity contribution is 5.88. The normalized spacial score (nSPS) is 16.8. The van der Waals surface area contributed by atoms with Crippen LogP contribution in [-0.4, -0.2) is 32.9 Å². The van der Waals surface area contributed by atoms with Crippen molar-refractivity contribution >= 4 is 11.8 Å². The fraction of sp³-hybridized carbons (Fsp3) is 0.526. The summed E-state index contributed by atoms with van der Waals surface area (Å²) in [4.78, 5) is 14.1. The van der Waals surface area contributed by atoms with Crippen molar-refractivity contribution < 1.29 is 9.32 Å². The second kappa shape index (κ2) is 8.21. The number of urea groups is 1. The van der Waals surface area contributed by atoms with Crippen LogP contribution in [0.2, 0.25) is 0 Å². The molecule has 1 atom stereocenters. The molecule has 140 valence electrons. The first-order valence-electron chi connectivity index (χ1n) is 9.17. The number of rotatable bonds is 6. The number of carbonyl (C=O) groups excluding carboxylic acids is 1. The molecule has 2 aromatic rings. The standard InChI is InChI=1S/C19H27N5O2/c1-14(2)17-11-16(22-26-17)13-23(3)19(25)21-18-9-10-20-24(18)12-15-7-5-4-6-8-15/h4-5,9-11,14-15H,6-8,12-13H2,1-3H3,(H,21,25). The van der Waals surface area contributed by atoms with E-state index in [2.05, 4.69) is 27.7 Å². The molecule has 1 unspecified atom stereocenters. The second-order valence-electron chi connectivity index (χ2n) is 7.21. The predicted molar refractivity (Wildman–Crippen MR) is 99.8 cm³/mol. The average Bonchev–Trinajstić information content (AvgIpc) is 3.26. The van der Waals surface area contributed by atoms with Gasteiger partial charge in [0.2, 0.25) is 0 Å². The summed E-state index contributed by atoms with van der Waals surface area (Å²) in [5, 5.41) is 11.3. The van der Waals surface area contributed by atoms with E-state index < -0.39 is 0 Å². The third-order valence-electron chi connectivity index (χ3n) is 4.65. The molecule has 7 nitrogen and oxygen atoms in total. The third-order valence-corrected chi connectivity index (χ3v) is 4.65. The molecule has 1 aliphatic rings. The van der Waals surface area contributed by atoms with Gasteiger partial charge in [0.25, 0.3) is 0 Å². The SMILES string of the molecule is CC(C)c1cc(CN(C)C(=O)Nc2ccnn2CC2CC=CCC2)no1. The molecule has 0 fully saturated rings. The zero-order valence-electron chi connectivity index (χ0n) is 15.7. The Balaban J connectivity index is 1.57. The summed E-state index contributed by atoms with van der Waals surface area (Å²) in [6.45, 7) is 5.30. The number of allylic oxidation sites excluding steroid dienone is 2. The fourth-order valence-electron chi connectivity index (χ4n) is 3.05. The zero-order valence-corrected chi connectivity index (χ0v) is 15.7. The number of hydrogen-bond donors (Lipinski definition) is 1. The van der Waals surface area contributed by atoms with Gasteiger partial charge in [-0.25, -0.2) is 9.48 Å². The van der Waals surface area contributed by atoms with Gasteiger partial charge >= 0.3 is 6.03 Å². The predicted octanol–water partition coefficient (Wildman–Crippen LogP) is 4.01. The molecule has 3 rings (SSSR count). The highest BCUT2D eigenvalue weighted by Gasteiger charge is 2.17. The largest absolute Gasteiger partial charge is 0.361 e. The minimum atomic E-state index is -0.190. The van der Waals surface area contributed by atoms with Gasteiger partial charge in [0.05, 0.1) is 12.7 Å². The van der Waals surface area contributed by atoms with Crippen LogP contribution in [0.15, 0.2) is 35.0 Å². The van der Waals surface area contributed by atoms with Crippen LogP contribution in [0.3, 0.4) is 0 Å². The molecule has 0 aliphatic heterocycles. The maximum Gasteiger partial charge on any atom is 0.323 e. The van der Waals surface area contributed by atoms with Gasteiger partial charge in [0.15, 0.2) is 0 Å². The molecule has 7 heteroatoms. The van der Waals surface area contributed by atoms with E-state index in [1.807, 2.05) is 30.7 Å². The third kappa shape index (κ3) is 4.53. The van der Waals surface area contributed by atoms with Gasteiger partial charge in [-0.05, 0) is 25.2 Å². The van der Waals surface area contributed by atoms with E-state index in [1.54, 1.807) is 18.1 Å². The first kappa shape index (κ1) is 18.2. The van der Waals surface area contributed by atoms with Crippen LogP contribution in [0.5, 0.6) is 0 Å². The average molecular weight is 357 g/mol. The lowest BCUT2D eigenvalue weighted by molar-refractivity contribution is 0.219. The van der Waals surface area contributed by atoms with Gasteiger partial charge in [0, 0.05) is 31.6 Å². The zero-order chi connectivity index (χ0) is 18.5. The minimum absolute atomic E-state index is 0.190. The van der Waals surface area contributed by atoms with Crippen molar-refractivity contribution in [2.24, 2.45) is 5.92 Å². The summed E-state index contributed by atoms with van der Waals surface area (Å²) < 4.78 is 7.17. The van der Waals surface area contributed by atoms with Gasteiger partial charge in [-0.3, -0.25) is 5.32 Å². The van der Waals surface area contributed by atoms with E-state index in [1.165, 1.54) is 0 Å². The fourth-order valence-corrected chi connectivity index (χ4v) is 3.05. The Morgan fingerprint density at radius 2 is 2.31 bits per heavy atom. The Morgan fingerprint density at radius 1 is 1.46 bits per heavy atom. The van der Waals surface area contributed by atoms with Crippen LogP contribution >= 0.6 is 0 Å². The van der Waals surface area contributed by atoms with Crippen molar-refractivity contribution in [3.63, 3.8) is 0 Å². The lowest BCUT2D eigenvalue weighted by Crippen LogP contribution is -2.32. The maximum atomic E-state index is 12.5. The molecule has 0 spiro atoms. The Kier molecular flexibility index (Phi) is 5.75. The summed E-state index contributed by atoms with van der Waals surface area (Å²) in [6.07, 6.45) is 9.53. The number of aromatic nitrogens is 3. The van der Waals surface area contributed by atoms with E-state index in [-0.39, 0.29) is 11.9 Å². The first-order valence-corrected chi connectivity index (χ1v) is 9.17. The van der Waals surface area contributed by atoms with Crippen molar-refractivity contribution in [1.82, 2.24) is 19.8 Å². The summed E-state index contributed by atoms with van der Waals surface area (Å²) in [7, 11) is 1.74. The van der Waals surface area contributed by atoms with Crippen LogP contribution in [0, 0.1) is 5.92 Å². The van der Waals surface area contributed by atoms with Crippen molar-refractivity contribution in [2.75, 3.05) is 12.4 Å². The Hall–Kier alpha value is -2.57. The summed E-state index contributed by atoms with van der Waals surface area (Å²) in [5.41, 5.74) is 0.744. The molecule has 1 N–H and O–H groups in total. The minimum Gasteiger partial charge on any atom is -0.361 e. The molecule has 0 radical (unpaired) electrons. The molecule has 0 saturated carbocycles. The van der Waals surface area contributed by atoms with E-state index >= 15 is 0 Å².